The van der Waals surface area contributed by atoms with E-state index in [9.17, 15) is 9.18 Å². The predicted molar refractivity (Wildman–Crippen MR) is 86.7 cm³/mol. The van der Waals surface area contributed by atoms with Crippen molar-refractivity contribution in [3.63, 3.8) is 0 Å². The van der Waals surface area contributed by atoms with Gasteiger partial charge in [-0.15, -0.1) is 0 Å². The molecule has 1 rings (SSSR count). The van der Waals surface area contributed by atoms with Crippen molar-refractivity contribution >= 4 is 23.6 Å². The third kappa shape index (κ3) is 5.88. The SMILES string of the molecule is CC(C)CN(CC(C)C)C(=O)/C=C/c1c(F)cccc1Cl. The van der Waals surface area contributed by atoms with Crippen LogP contribution in [0.4, 0.5) is 4.39 Å². The molecular weight excluding hydrogens is 289 g/mol. The minimum atomic E-state index is -0.425. The molecule has 0 fully saturated rings. The van der Waals surface area contributed by atoms with Gasteiger partial charge in [-0.3, -0.25) is 4.79 Å². The largest absolute Gasteiger partial charge is 0.339 e. The number of hydrogen-bond acceptors (Lipinski definition) is 1. The highest BCUT2D eigenvalue weighted by Gasteiger charge is 2.14. The van der Waals surface area contributed by atoms with E-state index < -0.39 is 5.82 Å². The molecule has 0 aliphatic carbocycles. The van der Waals surface area contributed by atoms with Gasteiger partial charge in [0, 0.05) is 24.7 Å². The fourth-order valence-electron chi connectivity index (χ4n) is 2.07. The van der Waals surface area contributed by atoms with Gasteiger partial charge in [-0.1, -0.05) is 45.4 Å². The van der Waals surface area contributed by atoms with Gasteiger partial charge in [-0.2, -0.15) is 0 Å². The lowest BCUT2D eigenvalue weighted by Crippen LogP contribution is -2.35. The second-order valence-electron chi connectivity index (χ2n) is 6.00. The zero-order valence-corrected chi connectivity index (χ0v) is 13.8. The molecule has 0 saturated carbocycles. The van der Waals surface area contributed by atoms with E-state index in [4.69, 9.17) is 11.6 Å². The van der Waals surface area contributed by atoms with Gasteiger partial charge in [0.15, 0.2) is 0 Å². The quantitative estimate of drug-likeness (QED) is 0.701. The van der Waals surface area contributed by atoms with E-state index in [0.717, 1.165) is 0 Å². The molecule has 4 heteroatoms. The first-order valence-corrected chi connectivity index (χ1v) is 7.60. The van der Waals surface area contributed by atoms with Crippen LogP contribution >= 0.6 is 11.6 Å². The summed E-state index contributed by atoms with van der Waals surface area (Å²) < 4.78 is 13.7. The second-order valence-corrected chi connectivity index (χ2v) is 6.41. The van der Waals surface area contributed by atoms with E-state index in [1.165, 1.54) is 18.2 Å². The van der Waals surface area contributed by atoms with E-state index in [1.807, 2.05) is 0 Å². The molecule has 21 heavy (non-hydrogen) atoms. The molecule has 0 N–H and O–H groups in total. The second kappa shape index (κ2) is 8.18. The molecule has 0 aliphatic rings. The van der Waals surface area contributed by atoms with Crippen LogP contribution in [0, 0.1) is 17.7 Å². The van der Waals surface area contributed by atoms with Crippen LogP contribution in [0.1, 0.15) is 33.3 Å². The molecule has 0 unspecified atom stereocenters. The monoisotopic (exact) mass is 311 g/mol. The fourth-order valence-corrected chi connectivity index (χ4v) is 2.29. The molecule has 0 aromatic heterocycles. The molecule has 1 aromatic carbocycles. The summed E-state index contributed by atoms with van der Waals surface area (Å²) in [5.74, 6) is 0.235. The van der Waals surface area contributed by atoms with Gasteiger partial charge in [0.2, 0.25) is 5.91 Å². The number of rotatable bonds is 6. The average molecular weight is 312 g/mol. The lowest BCUT2D eigenvalue weighted by atomic mass is 10.1. The minimum Gasteiger partial charge on any atom is -0.339 e. The average Bonchev–Trinajstić information content (AvgIpc) is 2.36. The number of halogens is 2. The van der Waals surface area contributed by atoms with Gasteiger partial charge < -0.3 is 4.90 Å². The maximum Gasteiger partial charge on any atom is 0.246 e. The molecule has 2 nitrogen and oxygen atoms in total. The van der Waals surface area contributed by atoms with Crippen LogP contribution < -0.4 is 0 Å². The van der Waals surface area contributed by atoms with Crippen molar-refractivity contribution < 1.29 is 9.18 Å². The van der Waals surface area contributed by atoms with Crippen LogP contribution in [-0.2, 0) is 4.79 Å². The maximum atomic E-state index is 13.7. The Labute approximate surface area is 131 Å². The third-order valence-corrected chi connectivity index (χ3v) is 3.20. The Morgan fingerprint density at radius 3 is 2.29 bits per heavy atom. The summed E-state index contributed by atoms with van der Waals surface area (Å²) in [7, 11) is 0. The van der Waals surface area contributed by atoms with Gasteiger partial charge in [0.05, 0.1) is 5.02 Å². The fraction of sp³-hybridized carbons (Fsp3) is 0.471. The number of carbonyl (C=O) groups excluding carboxylic acids is 1. The number of amides is 1. The van der Waals surface area contributed by atoms with Gasteiger partial charge in [-0.05, 0) is 30.0 Å². The van der Waals surface area contributed by atoms with Crippen LogP contribution in [-0.4, -0.2) is 23.9 Å². The molecule has 1 aromatic rings. The van der Waals surface area contributed by atoms with Crippen LogP contribution in [0.15, 0.2) is 24.3 Å². The van der Waals surface area contributed by atoms with Crippen LogP contribution in [0.25, 0.3) is 6.08 Å². The van der Waals surface area contributed by atoms with Crippen molar-refractivity contribution in [3.05, 3.63) is 40.7 Å². The predicted octanol–water partition coefficient (Wildman–Crippen LogP) is 4.63. The van der Waals surface area contributed by atoms with Gasteiger partial charge >= 0.3 is 0 Å². The van der Waals surface area contributed by atoms with E-state index in [0.29, 0.717) is 29.9 Å². The van der Waals surface area contributed by atoms with Gasteiger partial charge in [0.25, 0.3) is 0 Å². The van der Waals surface area contributed by atoms with Crippen LogP contribution in [0.5, 0.6) is 0 Å². The summed E-state index contributed by atoms with van der Waals surface area (Å²) in [6.07, 6.45) is 2.85. The van der Waals surface area contributed by atoms with Crippen molar-refractivity contribution in [2.45, 2.75) is 27.7 Å². The lowest BCUT2D eigenvalue weighted by Gasteiger charge is -2.25. The number of benzene rings is 1. The molecule has 0 aliphatic heterocycles. The van der Waals surface area contributed by atoms with Crippen LogP contribution in [0.3, 0.4) is 0 Å². The topological polar surface area (TPSA) is 20.3 Å². The van der Waals surface area contributed by atoms with Crippen molar-refractivity contribution in [3.8, 4) is 0 Å². The molecule has 0 atom stereocenters. The standard InChI is InChI=1S/C17H23ClFNO/c1-12(2)10-20(11-13(3)4)17(21)9-8-14-15(18)6-5-7-16(14)19/h5-9,12-13H,10-11H2,1-4H3/b9-8+. The lowest BCUT2D eigenvalue weighted by molar-refractivity contribution is -0.127. The van der Waals surface area contributed by atoms with Gasteiger partial charge in [0.1, 0.15) is 5.82 Å². The summed E-state index contributed by atoms with van der Waals surface area (Å²) in [6, 6.07) is 4.48. The summed E-state index contributed by atoms with van der Waals surface area (Å²) in [4.78, 5) is 14.1. The number of carbonyl (C=O) groups is 1. The number of nitrogens with zero attached hydrogens (tertiary/aromatic N) is 1. The Kier molecular flexibility index (Phi) is 6.90. The van der Waals surface area contributed by atoms with Crippen molar-refractivity contribution in [2.24, 2.45) is 11.8 Å². The zero-order chi connectivity index (χ0) is 16.0. The summed E-state index contributed by atoms with van der Waals surface area (Å²) >= 11 is 5.95. The first kappa shape index (κ1) is 17.7. The molecule has 1 amide bonds. The Hall–Kier alpha value is -1.35. The van der Waals surface area contributed by atoms with Crippen molar-refractivity contribution in [2.75, 3.05) is 13.1 Å². The smallest absolute Gasteiger partial charge is 0.246 e. The molecule has 0 spiro atoms. The first-order valence-electron chi connectivity index (χ1n) is 7.22. The molecule has 0 bridgehead atoms. The first-order chi connectivity index (χ1) is 9.81. The molecule has 116 valence electrons. The minimum absolute atomic E-state index is 0.114. The maximum absolute atomic E-state index is 13.7. The Morgan fingerprint density at radius 1 is 1.24 bits per heavy atom. The highest BCUT2D eigenvalue weighted by atomic mass is 35.5. The highest BCUT2D eigenvalue weighted by molar-refractivity contribution is 6.32. The highest BCUT2D eigenvalue weighted by Crippen LogP contribution is 2.20. The molecular formula is C17H23ClFNO. The number of hydrogen-bond donors (Lipinski definition) is 0. The zero-order valence-electron chi connectivity index (χ0n) is 13.1. The molecule has 0 radical (unpaired) electrons. The Bertz CT molecular complexity index is 481. The third-order valence-electron chi connectivity index (χ3n) is 2.88. The van der Waals surface area contributed by atoms with Crippen molar-refractivity contribution in [1.29, 1.82) is 0 Å². The van der Waals surface area contributed by atoms with Gasteiger partial charge in [-0.25, -0.2) is 4.39 Å². The summed E-state index contributed by atoms with van der Waals surface area (Å²) in [5.41, 5.74) is 0.251. The van der Waals surface area contributed by atoms with Crippen LogP contribution in [0.2, 0.25) is 5.02 Å². The van der Waals surface area contributed by atoms with E-state index in [1.54, 1.807) is 17.0 Å². The molecule has 0 saturated heterocycles. The van der Waals surface area contributed by atoms with Crippen molar-refractivity contribution in [1.82, 2.24) is 4.90 Å². The van der Waals surface area contributed by atoms with E-state index in [2.05, 4.69) is 27.7 Å². The Balaban J connectivity index is 2.87. The van der Waals surface area contributed by atoms with E-state index >= 15 is 0 Å². The summed E-state index contributed by atoms with van der Waals surface area (Å²) in [6.45, 7) is 9.64. The molecule has 0 heterocycles. The normalized spacial score (nSPS) is 11.6. The Morgan fingerprint density at radius 2 is 1.81 bits per heavy atom. The summed E-state index contributed by atoms with van der Waals surface area (Å²) in [5, 5.41) is 0.304. The van der Waals surface area contributed by atoms with E-state index in [-0.39, 0.29) is 11.5 Å².